The number of carboxylic acids is 1. The van der Waals surface area contributed by atoms with Crippen LogP contribution in [0.15, 0.2) is 0 Å². The van der Waals surface area contributed by atoms with Crippen molar-refractivity contribution < 1.29 is 9.90 Å². The highest BCUT2D eigenvalue weighted by Gasteiger charge is 2.17. The average molecular weight is 143 g/mol. The maximum absolute atomic E-state index is 10.1. The Hall–Kier alpha value is -1.26. The van der Waals surface area contributed by atoms with Crippen LogP contribution in [0.25, 0.3) is 0 Å². The molecule has 0 saturated carbocycles. The molecule has 1 fully saturated rings. The van der Waals surface area contributed by atoms with Crippen molar-refractivity contribution in [1.29, 1.82) is 5.41 Å². The van der Waals surface area contributed by atoms with Gasteiger partial charge in [0.15, 0.2) is 5.96 Å². The van der Waals surface area contributed by atoms with Crippen LogP contribution >= 0.6 is 0 Å². The number of carbonyl (C=O) groups is 1. The van der Waals surface area contributed by atoms with Crippen molar-refractivity contribution in [3.63, 3.8) is 0 Å². The maximum Gasteiger partial charge on any atom is 0.323 e. The number of hydrogen-bond donors (Lipinski definition) is 3. The lowest BCUT2D eigenvalue weighted by Gasteiger charge is -2.11. The molecule has 1 rings (SSSR count). The van der Waals surface area contributed by atoms with Gasteiger partial charge in [0.25, 0.3) is 0 Å². The predicted octanol–water partition coefficient (Wildman–Crippen LogP) is -1.09. The molecule has 5 heteroatoms. The van der Waals surface area contributed by atoms with E-state index >= 15 is 0 Å². The van der Waals surface area contributed by atoms with Crippen LogP contribution in [-0.4, -0.2) is 41.6 Å². The molecule has 0 aromatic heterocycles. The summed E-state index contributed by atoms with van der Waals surface area (Å²) in [4.78, 5) is 11.6. The SMILES string of the molecule is N=C1NCCN1CC(=O)O. The number of rotatable bonds is 2. The summed E-state index contributed by atoms with van der Waals surface area (Å²) in [6.07, 6.45) is 0. The van der Waals surface area contributed by atoms with Gasteiger partial charge in [0, 0.05) is 13.1 Å². The Morgan fingerprint density at radius 1 is 1.90 bits per heavy atom. The first-order valence-electron chi connectivity index (χ1n) is 2.99. The molecule has 5 nitrogen and oxygen atoms in total. The van der Waals surface area contributed by atoms with Crippen molar-refractivity contribution in [2.24, 2.45) is 0 Å². The molecular weight excluding hydrogens is 134 g/mol. The Morgan fingerprint density at radius 2 is 2.60 bits per heavy atom. The minimum Gasteiger partial charge on any atom is -0.480 e. The smallest absolute Gasteiger partial charge is 0.323 e. The van der Waals surface area contributed by atoms with Crippen molar-refractivity contribution >= 4 is 11.9 Å². The van der Waals surface area contributed by atoms with Gasteiger partial charge >= 0.3 is 5.97 Å². The van der Waals surface area contributed by atoms with Crippen molar-refractivity contribution in [2.45, 2.75) is 0 Å². The van der Waals surface area contributed by atoms with E-state index in [1.54, 1.807) is 0 Å². The number of carboxylic acid groups (broad SMARTS) is 1. The number of hydrogen-bond acceptors (Lipinski definition) is 2. The minimum absolute atomic E-state index is 0.0775. The van der Waals surface area contributed by atoms with Crippen LogP contribution in [0.5, 0.6) is 0 Å². The zero-order valence-electron chi connectivity index (χ0n) is 5.42. The second kappa shape index (κ2) is 2.55. The van der Waals surface area contributed by atoms with Gasteiger partial charge in [-0.25, -0.2) is 0 Å². The standard InChI is InChI=1S/C5H9N3O2/c6-5-7-1-2-8(5)3-4(9)10/h1-3H2,(H2,6,7)(H,9,10). The Kier molecular flexibility index (Phi) is 1.75. The molecule has 0 bridgehead atoms. The topological polar surface area (TPSA) is 76.4 Å². The Morgan fingerprint density at radius 3 is 3.00 bits per heavy atom. The van der Waals surface area contributed by atoms with Crippen LogP contribution in [0, 0.1) is 5.41 Å². The second-order valence-corrected chi connectivity index (χ2v) is 2.09. The molecule has 0 unspecified atom stereocenters. The summed E-state index contributed by atoms with van der Waals surface area (Å²) in [5.74, 6) is -0.684. The lowest BCUT2D eigenvalue weighted by Crippen LogP contribution is -2.33. The van der Waals surface area contributed by atoms with Crippen molar-refractivity contribution in [1.82, 2.24) is 10.2 Å². The van der Waals surface area contributed by atoms with Crippen molar-refractivity contribution in [3.05, 3.63) is 0 Å². The molecule has 56 valence electrons. The third-order valence-electron chi connectivity index (χ3n) is 1.32. The van der Waals surface area contributed by atoms with Crippen LogP contribution in [0.2, 0.25) is 0 Å². The molecule has 1 aliphatic heterocycles. The lowest BCUT2D eigenvalue weighted by atomic mass is 10.5. The van der Waals surface area contributed by atoms with Gasteiger partial charge in [-0.05, 0) is 0 Å². The summed E-state index contributed by atoms with van der Waals surface area (Å²) in [6.45, 7) is 1.21. The first-order valence-corrected chi connectivity index (χ1v) is 2.99. The van der Waals surface area contributed by atoms with Crippen LogP contribution in [0.4, 0.5) is 0 Å². The second-order valence-electron chi connectivity index (χ2n) is 2.09. The van der Waals surface area contributed by atoms with Crippen LogP contribution in [0.1, 0.15) is 0 Å². The van der Waals surface area contributed by atoms with E-state index in [1.165, 1.54) is 4.90 Å². The van der Waals surface area contributed by atoms with Crippen molar-refractivity contribution in [3.8, 4) is 0 Å². The molecule has 0 atom stereocenters. The fourth-order valence-corrected chi connectivity index (χ4v) is 0.854. The highest BCUT2D eigenvalue weighted by Crippen LogP contribution is 1.93. The summed E-state index contributed by atoms with van der Waals surface area (Å²) in [7, 11) is 0. The predicted molar refractivity (Wildman–Crippen MR) is 34.9 cm³/mol. The molecule has 0 aromatic carbocycles. The highest BCUT2D eigenvalue weighted by atomic mass is 16.4. The Labute approximate surface area is 58.1 Å². The minimum atomic E-state index is -0.895. The van der Waals surface area contributed by atoms with Gasteiger partial charge in [-0.3, -0.25) is 10.2 Å². The molecular formula is C5H9N3O2. The zero-order chi connectivity index (χ0) is 7.56. The summed E-state index contributed by atoms with van der Waals surface area (Å²) >= 11 is 0. The van der Waals surface area contributed by atoms with Crippen LogP contribution in [-0.2, 0) is 4.79 Å². The van der Waals surface area contributed by atoms with Gasteiger partial charge in [-0.1, -0.05) is 0 Å². The Bertz CT molecular complexity index is 168. The normalized spacial score (nSPS) is 17.2. The van der Waals surface area contributed by atoms with Crippen LogP contribution < -0.4 is 5.32 Å². The number of aliphatic carboxylic acids is 1. The number of nitrogens with zero attached hydrogens (tertiary/aromatic N) is 1. The molecule has 3 N–H and O–H groups in total. The van der Waals surface area contributed by atoms with E-state index < -0.39 is 5.97 Å². The summed E-state index contributed by atoms with van der Waals surface area (Å²) in [6, 6.07) is 0. The highest BCUT2D eigenvalue weighted by molar-refractivity contribution is 5.83. The van der Waals surface area contributed by atoms with E-state index in [1.807, 2.05) is 0 Å². The summed E-state index contributed by atoms with van der Waals surface area (Å²) in [5, 5.41) is 18.2. The molecule has 1 saturated heterocycles. The quantitative estimate of drug-likeness (QED) is 0.459. The van der Waals surface area contributed by atoms with Gasteiger partial charge in [0.05, 0.1) is 0 Å². The first kappa shape index (κ1) is 6.85. The molecule has 1 aliphatic rings. The number of nitrogens with one attached hydrogen (secondary N) is 2. The number of guanidine groups is 1. The van der Waals surface area contributed by atoms with Gasteiger partial charge in [0.2, 0.25) is 0 Å². The Balaban J connectivity index is 2.40. The van der Waals surface area contributed by atoms with Crippen LogP contribution in [0.3, 0.4) is 0 Å². The average Bonchev–Trinajstić information content (AvgIpc) is 2.15. The maximum atomic E-state index is 10.1. The van der Waals surface area contributed by atoms with Gasteiger partial charge < -0.3 is 15.3 Å². The third-order valence-corrected chi connectivity index (χ3v) is 1.32. The molecule has 0 aromatic rings. The zero-order valence-corrected chi connectivity index (χ0v) is 5.42. The van der Waals surface area contributed by atoms with E-state index in [2.05, 4.69) is 5.32 Å². The van der Waals surface area contributed by atoms with E-state index in [0.29, 0.717) is 13.1 Å². The molecule has 0 amide bonds. The molecule has 10 heavy (non-hydrogen) atoms. The lowest BCUT2D eigenvalue weighted by molar-refractivity contribution is -0.137. The molecule has 0 spiro atoms. The van der Waals surface area contributed by atoms with Gasteiger partial charge in [-0.15, -0.1) is 0 Å². The van der Waals surface area contributed by atoms with Gasteiger partial charge in [-0.2, -0.15) is 0 Å². The van der Waals surface area contributed by atoms with Crippen molar-refractivity contribution in [2.75, 3.05) is 19.6 Å². The molecule has 1 heterocycles. The van der Waals surface area contributed by atoms with E-state index in [9.17, 15) is 4.79 Å². The first-order chi connectivity index (χ1) is 4.70. The van der Waals surface area contributed by atoms with E-state index in [4.69, 9.17) is 10.5 Å². The molecule has 0 aliphatic carbocycles. The monoisotopic (exact) mass is 143 g/mol. The van der Waals surface area contributed by atoms with E-state index in [-0.39, 0.29) is 12.5 Å². The fraction of sp³-hybridized carbons (Fsp3) is 0.600. The molecule has 0 radical (unpaired) electrons. The van der Waals surface area contributed by atoms with E-state index in [0.717, 1.165) is 0 Å². The summed E-state index contributed by atoms with van der Waals surface area (Å²) in [5.41, 5.74) is 0. The van der Waals surface area contributed by atoms with Gasteiger partial charge in [0.1, 0.15) is 6.54 Å². The largest absolute Gasteiger partial charge is 0.480 e. The fourth-order valence-electron chi connectivity index (χ4n) is 0.854. The summed E-state index contributed by atoms with van der Waals surface area (Å²) < 4.78 is 0. The third kappa shape index (κ3) is 1.37.